The predicted octanol–water partition coefficient (Wildman–Crippen LogP) is 2.99. The summed E-state index contributed by atoms with van der Waals surface area (Å²) in [4.78, 5) is 14.3. The zero-order chi connectivity index (χ0) is 11.5. The van der Waals surface area contributed by atoms with Crippen LogP contribution in [0.3, 0.4) is 0 Å². The summed E-state index contributed by atoms with van der Waals surface area (Å²) in [6, 6.07) is 8.18. The molecule has 0 aromatic heterocycles. The number of likely N-dealkylation sites (tertiary alicyclic amines) is 1. The molecule has 0 unspecified atom stereocenters. The Kier molecular flexibility index (Phi) is 3.64. The quantitative estimate of drug-likeness (QED) is 0.764. The second-order valence-corrected chi connectivity index (χ2v) is 4.91. The highest BCUT2D eigenvalue weighted by atomic mass is 79.9. The molecule has 3 heteroatoms. The van der Waals surface area contributed by atoms with Crippen molar-refractivity contribution >= 4 is 21.8 Å². The average molecular weight is 282 g/mol. The van der Waals surface area contributed by atoms with Gasteiger partial charge in [0.15, 0.2) is 0 Å². The normalized spacial score (nSPS) is 20.1. The van der Waals surface area contributed by atoms with Crippen molar-refractivity contribution in [2.24, 2.45) is 0 Å². The van der Waals surface area contributed by atoms with E-state index in [4.69, 9.17) is 0 Å². The van der Waals surface area contributed by atoms with Crippen LogP contribution in [-0.2, 0) is 0 Å². The zero-order valence-electron chi connectivity index (χ0n) is 9.45. The number of amides is 1. The van der Waals surface area contributed by atoms with Gasteiger partial charge in [0.1, 0.15) is 0 Å². The Labute approximate surface area is 105 Å². The number of hydrogen-bond acceptors (Lipinski definition) is 1. The van der Waals surface area contributed by atoms with E-state index in [1.165, 1.54) is 0 Å². The maximum Gasteiger partial charge on any atom is 0.254 e. The van der Waals surface area contributed by atoms with Gasteiger partial charge in [-0.05, 0) is 31.4 Å². The molecular weight excluding hydrogens is 266 g/mol. The van der Waals surface area contributed by atoms with Crippen LogP contribution in [0.2, 0.25) is 0 Å². The molecule has 0 aliphatic carbocycles. The monoisotopic (exact) mass is 281 g/mol. The van der Waals surface area contributed by atoms with Gasteiger partial charge in [0.2, 0.25) is 0 Å². The van der Waals surface area contributed by atoms with Crippen molar-refractivity contribution < 1.29 is 4.79 Å². The molecule has 16 heavy (non-hydrogen) atoms. The summed E-state index contributed by atoms with van der Waals surface area (Å²) in [6.07, 6.45) is 2.23. The Morgan fingerprint density at radius 1 is 1.50 bits per heavy atom. The molecule has 0 N–H and O–H groups in total. The molecule has 1 saturated heterocycles. The fraction of sp³-hybridized carbons (Fsp3) is 0.462. The van der Waals surface area contributed by atoms with Gasteiger partial charge in [-0.25, -0.2) is 0 Å². The lowest BCUT2D eigenvalue weighted by Crippen LogP contribution is -2.36. The van der Waals surface area contributed by atoms with Crippen molar-refractivity contribution in [2.75, 3.05) is 11.9 Å². The first kappa shape index (κ1) is 11.6. The summed E-state index contributed by atoms with van der Waals surface area (Å²) in [5.74, 6) is 0.181. The summed E-state index contributed by atoms with van der Waals surface area (Å²) < 4.78 is 0. The highest BCUT2D eigenvalue weighted by Crippen LogP contribution is 2.22. The molecule has 1 aliphatic rings. The van der Waals surface area contributed by atoms with Crippen molar-refractivity contribution in [3.8, 4) is 0 Å². The molecule has 2 nitrogen and oxygen atoms in total. The number of alkyl halides is 1. The van der Waals surface area contributed by atoms with Crippen LogP contribution in [0.1, 0.15) is 28.8 Å². The third kappa shape index (κ3) is 2.14. The van der Waals surface area contributed by atoms with Crippen LogP contribution in [0.15, 0.2) is 24.3 Å². The van der Waals surface area contributed by atoms with Crippen molar-refractivity contribution in [1.82, 2.24) is 4.90 Å². The molecule has 2 rings (SSSR count). The van der Waals surface area contributed by atoms with E-state index in [2.05, 4.69) is 15.9 Å². The third-order valence-electron chi connectivity index (χ3n) is 3.19. The number of halogens is 1. The van der Waals surface area contributed by atoms with E-state index in [1.807, 2.05) is 36.1 Å². The van der Waals surface area contributed by atoms with E-state index in [9.17, 15) is 4.79 Å². The Morgan fingerprint density at radius 3 is 2.94 bits per heavy atom. The van der Waals surface area contributed by atoms with Gasteiger partial charge in [0, 0.05) is 23.5 Å². The molecule has 1 aromatic rings. The topological polar surface area (TPSA) is 20.3 Å². The summed E-state index contributed by atoms with van der Waals surface area (Å²) in [7, 11) is 0. The van der Waals surface area contributed by atoms with Crippen molar-refractivity contribution in [3.05, 3.63) is 35.4 Å². The van der Waals surface area contributed by atoms with Crippen LogP contribution >= 0.6 is 15.9 Å². The number of carbonyl (C=O) groups excluding carboxylic acids is 1. The second kappa shape index (κ2) is 5.00. The highest BCUT2D eigenvalue weighted by Gasteiger charge is 2.28. The summed E-state index contributed by atoms with van der Waals surface area (Å²) in [6.45, 7) is 2.88. The molecule has 0 bridgehead atoms. The zero-order valence-corrected chi connectivity index (χ0v) is 11.0. The molecule has 1 amide bonds. The smallest absolute Gasteiger partial charge is 0.254 e. The summed E-state index contributed by atoms with van der Waals surface area (Å²) >= 11 is 3.48. The fourth-order valence-corrected chi connectivity index (χ4v) is 2.90. The van der Waals surface area contributed by atoms with Crippen molar-refractivity contribution in [3.63, 3.8) is 0 Å². The van der Waals surface area contributed by atoms with Gasteiger partial charge < -0.3 is 4.90 Å². The van der Waals surface area contributed by atoms with E-state index in [0.717, 1.165) is 35.8 Å². The van der Waals surface area contributed by atoms with Gasteiger partial charge in [-0.15, -0.1) is 0 Å². The maximum absolute atomic E-state index is 12.3. The molecule has 0 radical (unpaired) electrons. The van der Waals surface area contributed by atoms with Gasteiger partial charge in [-0.2, -0.15) is 0 Å². The number of nitrogens with zero attached hydrogens (tertiary/aromatic N) is 1. The fourth-order valence-electron chi connectivity index (χ4n) is 2.23. The SMILES string of the molecule is Cc1ccccc1C(=O)N1CCC[C@H]1CBr. The number of carbonyl (C=O) groups is 1. The van der Waals surface area contributed by atoms with Crippen LogP contribution < -0.4 is 0 Å². The molecule has 1 aromatic carbocycles. The van der Waals surface area contributed by atoms with Crippen LogP contribution in [0.5, 0.6) is 0 Å². The minimum Gasteiger partial charge on any atom is -0.335 e. The van der Waals surface area contributed by atoms with Crippen LogP contribution in [0.4, 0.5) is 0 Å². The van der Waals surface area contributed by atoms with Gasteiger partial charge in [-0.3, -0.25) is 4.79 Å². The number of hydrogen-bond donors (Lipinski definition) is 0. The number of aryl methyl sites for hydroxylation is 1. The molecule has 0 spiro atoms. The van der Waals surface area contributed by atoms with Gasteiger partial charge in [0.05, 0.1) is 0 Å². The molecule has 0 saturated carbocycles. The first-order valence-electron chi connectivity index (χ1n) is 5.66. The number of rotatable bonds is 2. The lowest BCUT2D eigenvalue weighted by atomic mass is 10.1. The minimum absolute atomic E-state index is 0.181. The lowest BCUT2D eigenvalue weighted by molar-refractivity contribution is 0.0750. The molecule has 1 fully saturated rings. The second-order valence-electron chi connectivity index (χ2n) is 4.26. The van der Waals surface area contributed by atoms with Crippen LogP contribution in [0.25, 0.3) is 0 Å². The lowest BCUT2D eigenvalue weighted by Gasteiger charge is -2.23. The van der Waals surface area contributed by atoms with Gasteiger partial charge >= 0.3 is 0 Å². The van der Waals surface area contributed by atoms with Crippen molar-refractivity contribution in [2.45, 2.75) is 25.8 Å². The van der Waals surface area contributed by atoms with E-state index >= 15 is 0 Å². The Bertz CT molecular complexity index is 391. The first-order valence-corrected chi connectivity index (χ1v) is 6.78. The minimum atomic E-state index is 0.181. The van der Waals surface area contributed by atoms with E-state index in [-0.39, 0.29) is 5.91 Å². The summed E-state index contributed by atoms with van der Waals surface area (Å²) in [5.41, 5.74) is 1.91. The van der Waals surface area contributed by atoms with Gasteiger partial charge in [0.25, 0.3) is 5.91 Å². The first-order chi connectivity index (χ1) is 7.74. The predicted molar refractivity (Wildman–Crippen MR) is 69.0 cm³/mol. The van der Waals surface area contributed by atoms with E-state index in [0.29, 0.717) is 6.04 Å². The van der Waals surface area contributed by atoms with E-state index in [1.54, 1.807) is 0 Å². The number of benzene rings is 1. The molecule has 1 atom stereocenters. The summed E-state index contributed by atoms with van der Waals surface area (Å²) in [5, 5.41) is 0.880. The Balaban J connectivity index is 2.22. The van der Waals surface area contributed by atoms with Gasteiger partial charge in [-0.1, -0.05) is 34.1 Å². The standard InChI is InChI=1S/C13H16BrNO/c1-10-5-2-3-7-12(10)13(16)15-8-4-6-11(15)9-14/h2-3,5,7,11H,4,6,8-9H2,1H3/t11-/m0/s1. The van der Waals surface area contributed by atoms with E-state index < -0.39 is 0 Å². The molecule has 1 heterocycles. The van der Waals surface area contributed by atoms with Crippen LogP contribution in [-0.4, -0.2) is 28.7 Å². The maximum atomic E-state index is 12.3. The highest BCUT2D eigenvalue weighted by molar-refractivity contribution is 9.09. The van der Waals surface area contributed by atoms with Crippen molar-refractivity contribution in [1.29, 1.82) is 0 Å². The van der Waals surface area contributed by atoms with Crippen LogP contribution in [0, 0.1) is 6.92 Å². The molecular formula is C13H16BrNO. The molecule has 1 aliphatic heterocycles. The molecule has 86 valence electrons. The Hall–Kier alpha value is -0.830. The largest absolute Gasteiger partial charge is 0.335 e. The average Bonchev–Trinajstić information content (AvgIpc) is 2.77. The Morgan fingerprint density at radius 2 is 2.25 bits per heavy atom. The third-order valence-corrected chi connectivity index (χ3v) is 3.94.